The van der Waals surface area contributed by atoms with E-state index in [0.717, 1.165) is 0 Å². The maximum atomic E-state index is 10.8. The van der Waals surface area contributed by atoms with Crippen LogP contribution in [0.15, 0.2) is 0 Å². The van der Waals surface area contributed by atoms with E-state index < -0.39 is 12.0 Å². The smallest absolute Gasteiger partial charge is 0.362 e. The Morgan fingerprint density at radius 3 is 2.17 bits per heavy atom. The Balaban J connectivity index is 4.15. The number of carboxylic acids is 1. The summed E-state index contributed by atoms with van der Waals surface area (Å²) in [5.41, 5.74) is 0. The molecule has 0 spiro atoms. The van der Waals surface area contributed by atoms with Gasteiger partial charge in [0.15, 0.2) is 6.04 Å². The van der Waals surface area contributed by atoms with Crippen LogP contribution in [0.1, 0.15) is 12.8 Å². The quantitative estimate of drug-likeness (QED) is 0.576. The number of quaternary nitrogens is 1. The van der Waals surface area contributed by atoms with Crippen LogP contribution in [0.3, 0.4) is 0 Å². The van der Waals surface area contributed by atoms with Crippen molar-refractivity contribution >= 4 is 5.97 Å². The molecule has 0 fully saturated rings. The Kier molecular flexibility index (Phi) is 4.20. The second kappa shape index (κ2) is 4.42. The van der Waals surface area contributed by atoms with Crippen molar-refractivity contribution in [2.75, 3.05) is 27.7 Å². The highest BCUT2D eigenvalue weighted by Gasteiger charge is 2.30. The summed E-state index contributed by atoms with van der Waals surface area (Å²) in [6.07, 6.45) is 1.07. The standard InChI is InChI=1S/C8H17NO3/c1-9(2,3)7(8(11)12)5-4-6-10/h7,10H,4-6H2,1-3H3/p+1. The SMILES string of the molecule is C[N+](C)(C)C(CCCO)C(=O)O. The molecule has 0 saturated heterocycles. The molecule has 12 heavy (non-hydrogen) atoms. The highest BCUT2D eigenvalue weighted by atomic mass is 16.4. The molecule has 0 aromatic heterocycles. The van der Waals surface area contributed by atoms with Gasteiger partial charge in [-0.25, -0.2) is 4.79 Å². The van der Waals surface area contributed by atoms with Crippen LogP contribution in [-0.2, 0) is 4.79 Å². The first-order valence-corrected chi connectivity index (χ1v) is 4.04. The lowest BCUT2D eigenvalue weighted by molar-refractivity contribution is -0.887. The van der Waals surface area contributed by atoms with E-state index in [-0.39, 0.29) is 6.61 Å². The first kappa shape index (κ1) is 11.4. The molecule has 4 heteroatoms. The number of hydrogen-bond acceptors (Lipinski definition) is 2. The van der Waals surface area contributed by atoms with Gasteiger partial charge >= 0.3 is 5.97 Å². The highest BCUT2D eigenvalue weighted by molar-refractivity contribution is 5.72. The van der Waals surface area contributed by atoms with Crippen LogP contribution in [0.5, 0.6) is 0 Å². The van der Waals surface area contributed by atoms with Crippen molar-refractivity contribution in [1.82, 2.24) is 0 Å². The zero-order valence-corrected chi connectivity index (χ0v) is 7.95. The summed E-state index contributed by atoms with van der Waals surface area (Å²) in [6.45, 7) is 0.0593. The fraction of sp³-hybridized carbons (Fsp3) is 0.875. The first-order chi connectivity index (χ1) is 5.39. The Morgan fingerprint density at radius 1 is 1.42 bits per heavy atom. The Hall–Kier alpha value is -0.610. The molecule has 4 nitrogen and oxygen atoms in total. The summed E-state index contributed by atoms with van der Waals surface area (Å²) < 4.78 is 0.398. The second-order valence-electron chi connectivity index (χ2n) is 3.84. The molecule has 72 valence electrons. The van der Waals surface area contributed by atoms with Gasteiger partial charge in [0.05, 0.1) is 21.1 Å². The van der Waals surface area contributed by atoms with E-state index in [1.54, 1.807) is 0 Å². The molecule has 0 aliphatic carbocycles. The molecule has 0 aliphatic heterocycles. The molecule has 0 aliphatic rings. The van der Waals surface area contributed by atoms with Crippen molar-refractivity contribution in [3.05, 3.63) is 0 Å². The van der Waals surface area contributed by atoms with E-state index in [0.29, 0.717) is 17.3 Å². The molecule has 0 aromatic carbocycles. The van der Waals surface area contributed by atoms with Crippen molar-refractivity contribution < 1.29 is 19.5 Å². The molecule has 0 aromatic rings. The third-order valence-electron chi connectivity index (χ3n) is 1.86. The molecular weight excluding hydrogens is 158 g/mol. The Morgan fingerprint density at radius 2 is 1.92 bits per heavy atom. The van der Waals surface area contributed by atoms with Gasteiger partial charge < -0.3 is 14.7 Å². The zero-order valence-electron chi connectivity index (χ0n) is 7.95. The molecular formula is C8H18NO3+. The van der Waals surface area contributed by atoms with Gasteiger partial charge in [-0.2, -0.15) is 0 Å². The van der Waals surface area contributed by atoms with Gasteiger partial charge in [0.1, 0.15) is 0 Å². The Labute approximate surface area is 73.0 Å². The van der Waals surface area contributed by atoms with Gasteiger partial charge in [-0.1, -0.05) is 0 Å². The normalized spacial score (nSPS) is 14.3. The van der Waals surface area contributed by atoms with Crippen molar-refractivity contribution in [3.63, 3.8) is 0 Å². The van der Waals surface area contributed by atoms with Gasteiger partial charge in [-0.05, 0) is 6.42 Å². The predicted molar refractivity (Wildman–Crippen MR) is 45.8 cm³/mol. The molecule has 1 unspecified atom stereocenters. The van der Waals surface area contributed by atoms with Crippen LogP contribution in [0.4, 0.5) is 0 Å². The van der Waals surface area contributed by atoms with Crippen LogP contribution in [0, 0.1) is 0 Å². The monoisotopic (exact) mass is 176 g/mol. The van der Waals surface area contributed by atoms with Crippen molar-refractivity contribution in [3.8, 4) is 0 Å². The number of aliphatic hydroxyl groups is 1. The number of carbonyl (C=O) groups is 1. The number of rotatable bonds is 5. The Bertz CT molecular complexity index is 151. The summed E-state index contributed by atoms with van der Waals surface area (Å²) >= 11 is 0. The minimum absolute atomic E-state index is 0.0593. The van der Waals surface area contributed by atoms with E-state index in [2.05, 4.69) is 0 Å². The largest absolute Gasteiger partial charge is 0.477 e. The van der Waals surface area contributed by atoms with Crippen molar-refractivity contribution in [2.45, 2.75) is 18.9 Å². The lowest BCUT2D eigenvalue weighted by Crippen LogP contribution is -2.49. The van der Waals surface area contributed by atoms with Crippen molar-refractivity contribution in [2.24, 2.45) is 0 Å². The minimum atomic E-state index is -0.795. The summed E-state index contributed by atoms with van der Waals surface area (Å²) in [5, 5.41) is 17.4. The summed E-state index contributed by atoms with van der Waals surface area (Å²) in [6, 6.07) is -0.419. The molecule has 0 radical (unpaired) electrons. The predicted octanol–water partition coefficient (Wildman–Crippen LogP) is -0.0817. The van der Waals surface area contributed by atoms with Crippen LogP contribution in [0.2, 0.25) is 0 Å². The zero-order chi connectivity index (χ0) is 9.78. The van der Waals surface area contributed by atoms with Gasteiger partial charge in [0, 0.05) is 13.0 Å². The van der Waals surface area contributed by atoms with Gasteiger partial charge in [0.2, 0.25) is 0 Å². The number of aliphatic hydroxyl groups excluding tert-OH is 1. The van der Waals surface area contributed by atoms with E-state index in [1.807, 2.05) is 21.1 Å². The molecule has 0 bridgehead atoms. The number of nitrogens with zero attached hydrogens (tertiary/aromatic N) is 1. The number of aliphatic carboxylic acids is 1. The minimum Gasteiger partial charge on any atom is -0.477 e. The van der Waals surface area contributed by atoms with Gasteiger partial charge in [-0.15, -0.1) is 0 Å². The average molecular weight is 176 g/mol. The fourth-order valence-corrected chi connectivity index (χ4v) is 1.13. The fourth-order valence-electron chi connectivity index (χ4n) is 1.13. The molecule has 0 saturated carbocycles. The van der Waals surface area contributed by atoms with Gasteiger partial charge in [-0.3, -0.25) is 0 Å². The third-order valence-corrected chi connectivity index (χ3v) is 1.86. The molecule has 0 rings (SSSR count). The van der Waals surface area contributed by atoms with Crippen LogP contribution < -0.4 is 0 Å². The number of hydrogen-bond donors (Lipinski definition) is 2. The summed E-state index contributed by atoms with van der Waals surface area (Å²) in [4.78, 5) is 10.8. The highest BCUT2D eigenvalue weighted by Crippen LogP contribution is 2.09. The molecule has 0 heterocycles. The number of likely N-dealkylation sites (N-methyl/N-ethyl adjacent to an activating group) is 1. The lowest BCUT2D eigenvalue weighted by Gasteiger charge is -2.30. The molecule has 1 atom stereocenters. The second-order valence-corrected chi connectivity index (χ2v) is 3.84. The first-order valence-electron chi connectivity index (χ1n) is 4.04. The lowest BCUT2D eigenvalue weighted by atomic mass is 10.1. The van der Waals surface area contributed by atoms with E-state index >= 15 is 0 Å². The number of carboxylic acid groups (broad SMARTS) is 1. The molecule has 0 amide bonds. The maximum absolute atomic E-state index is 10.8. The van der Waals surface area contributed by atoms with Crippen LogP contribution in [0.25, 0.3) is 0 Å². The van der Waals surface area contributed by atoms with E-state index in [1.165, 1.54) is 0 Å². The van der Waals surface area contributed by atoms with Crippen LogP contribution in [-0.4, -0.2) is 54.5 Å². The summed E-state index contributed by atoms with van der Waals surface area (Å²) in [5.74, 6) is -0.795. The molecule has 2 N–H and O–H groups in total. The van der Waals surface area contributed by atoms with E-state index in [9.17, 15) is 4.79 Å². The van der Waals surface area contributed by atoms with Crippen molar-refractivity contribution in [1.29, 1.82) is 0 Å². The van der Waals surface area contributed by atoms with Crippen LogP contribution >= 0.6 is 0 Å². The topological polar surface area (TPSA) is 57.5 Å². The summed E-state index contributed by atoms with van der Waals surface area (Å²) in [7, 11) is 5.53. The van der Waals surface area contributed by atoms with Gasteiger partial charge in [0.25, 0.3) is 0 Å². The third kappa shape index (κ3) is 3.69. The van der Waals surface area contributed by atoms with E-state index in [4.69, 9.17) is 10.2 Å². The average Bonchev–Trinajstić information content (AvgIpc) is 1.84. The maximum Gasteiger partial charge on any atom is 0.362 e.